The summed E-state index contributed by atoms with van der Waals surface area (Å²) in [4.78, 5) is 15.4. The molecule has 3 heterocycles. The summed E-state index contributed by atoms with van der Waals surface area (Å²) in [7, 11) is 2.21. The first kappa shape index (κ1) is 16.2. The average molecular weight is 365 g/mol. The highest BCUT2D eigenvalue weighted by Crippen LogP contribution is 2.39. The highest BCUT2D eigenvalue weighted by Gasteiger charge is 2.33. The Morgan fingerprint density at radius 2 is 1.81 bits per heavy atom. The third kappa shape index (κ3) is 2.89. The van der Waals surface area contributed by atoms with E-state index in [1.165, 1.54) is 55.3 Å². The summed E-state index contributed by atoms with van der Waals surface area (Å²) in [5.41, 5.74) is 2.50. The van der Waals surface area contributed by atoms with E-state index < -0.39 is 0 Å². The average Bonchev–Trinajstić information content (AvgIpc) is 3.46. The lowest BCUT2D eigenvalue weighted by Crippen LogP contribution is -2.44. The number of benzene rings is 1. The van der Waals surface area contributed by atoms with Crippen molar-refractivity contribution in [3.63, 3.8) is 0 Å². The first-order valence-corrected chi connectivity index (χ1v) is 10.4. The fraction of sp³-hybridized carbons (Fsp3) is 0.429. The van der Waals surface area contributed by atoms with E-state index in [4.69, 9.17) is 4.98 Å². The van der Waals surface area contributed by atoms with Crippen LogP contribution < -0.4 is 4.90 Å². The van der Waals surface area contributed by atoms with Crippen molar-refractivity contribution in [2.75, 3.05) is 25.0 Å². The van der Waals surface area contributed by atoms with Gasteiger partial charge in [0.25, 0.3) is 0 Å². The standard InChI is InChI=1S/C21H24N4S/c1-24(16-9-11-25(12-10-16)17-7-8-17)20-19-18(15-5-3-2-4-6-15)13-26-21(19)23-14-22-20/h2-6,13-14,16-17H,7-12H2,1H3. The van der Waals surface area contributed by atoms with Crippen LogP contribution in [-0.4, -0.2) is 47.1 Å². The van der Waals surface area contributed by atoms with Gasteiger partial charge < -0.3 is 9.80 Å². The van der Waals surface area contributed by atoms with Crippen LogP contribution in [0.3, 0.4) is 0 Å². The molecule has 0 amide bonds. The molecule has 2 fully saturated rings. The minimum Gasteiger partial charge on any atom is -0.356 e. The highest BCUT2D eigenvalue weighted by molar-refractivity contribution is 7.17. The molecule has 134 valence electrons. The van der Waals surface area contributed by atoms with Crippen molar-refractivity contribution < 1.29 is 0 Å². The fourth-order valence-electron chi connectivity index (χ4n) is 4.21. The molecule has 26 heavy (non-hydrogen) atoms. The van der Waals surface area contributed by atoms with E-state index in [0.29, 0.717) is 6.04 Å². The van der Waals surface area contributed by atoms with Crippen LogP contribution in [0.15, 0.2) is 42.0 Å². The molecule has 0 unspecified atom stereocenters. The number of hydrogen-bond acceptors (Lipinski definition) is 5. The van der Waals surface area contributed by atoms with Crippen molar-refractivity contribution in [1.29, 1.82) is 0 Å². The predicted molar refractivity (Wildman–Crippen MR) is 109 cm³/mol. The quantitative estimate of drug-likeness (QED) is 0.686. The van der Waals surface area contributed by atoms with Gasteiger partial charge in [-0.15, -0.1) is 11.3 Å². The molecular formula is C21H24N4S. The lowest BCUT2D eigenvalue weighted by molar-refractivity contribution is 0.202. The van der Waals surface area contributed by atoms with Crippen molar-refractivity contribution in [2.45, 2.75) is 37.8 Å². The van der Waals surface area contributed by atoms with E-state index >= 15 is 0 Å². The Hall–Kier alpha value is -1.98. The van der Waals surface area contributed by atoms with Gasteiger partial charge in [-0.2, -0.15) is 0 Å². The highest BCUT2D eigenvalue weighted by atomic mass is 32.1. The molecule has 0 bridgehead atoms. The number of fused-ring (bicyclic) bond motifs is 1. The summed E-state index contributed by atoms with van der Waals surface area (Å²) < 4.78 is 0. The van der Waals surface area contributed by atoms with Crippen LogP contribution in [-0.2, 0) is 0 Å². The van der Waals surface area contributed by atoms with E-state index in [0.717, 1.165) is 16.7 Å². The summed E-state index contributed by atoms with van der Waals surface area (Å²) in [6, 6.07) is 12.0. The van der Waals surface area contributed by atoms with Gasteiger partial charge in [0.2, 0.25) is 0 Å². The van der Waals surface area contributed by atoms with E-state index in [-0.39, 0.29) is 0 Å². The lowest BCUT2D eigenvalue weighted by atomic mass is 10.0. The smallest absolute Gasteiger partial charge is 0.141 e. The van der Waals surface area contributed by atoms with Crippen LogP contribution in [0.4, 0.5) is 5.82 Å². The first-order valence-electron chi connectivity index (χ1n) is 9.56. The number of hydrogen-bond donors (Lipinski definition) is 0. The molecule has 1 saturated carbocycles. The maximum absolute atomic E-state index is 4.71. The number of thiophene rings is 1. The Morgan fingerprint density at radius 3 is 2.54 bits per heavy atom. The molecule has 1 aliphatic heterocycles. The zero-order valence-electron chi connectivity index (χ0n) is 15.1. The molecule has 1 saturated heterocycles. The molecule has 4 nitrogen and oxygen atoms in total. The van der Waals surface area contributed by atoms with Gasteiger partial charge in [-0.05, 0) is 31.2 Å². The van der Waals surface area contributed by atoms with Crippen molar-refractivity contribution >= 4 is 27.4 Å². The van der Waals surface area contributed by atoms with Crippen LogP contribution in [0.1, 0.15) is 25.7 Å². The van der Waals surface area contributed by atoms with E-state index in [9.17, 15) is 0 Å². The molecule has 2 aromatic heterocycles. The van der Waals surface area contributed by atoms with Gasteiger partial charge in [0.05, 0.1) is 5.39 Å². The van der Waals surface area contributed by atoms with Crippen LogP contribution in [0.2, 0.25) is 0 Å². The molecule has 0 spiro atoms. The van der Waals surface area contributed by atoms with Crippen LogP contribution in [0.25, 0.3) is 21.3 Å². The van der Waals surface area contributed by atoms with E-state index in [2.05, 4.69) is 57.5 Å². The molecular weight excluding hydrogens is 340 g/mol. The first-order chi connectivity index (χ1) is 12.8. The zero-order chi connectivity index (χ0) is 17.5. The fourth-order valence-corrected chi connectivity index (χ4v) is 5.12. The minimum atomic E-state index is 0.562. The van der Waals surface area contributed by atoms with Crippen molar-refractivity contribution in [3.8, 4) is 11.1 Å². The minimum absolute atomic E-state index is 0.562. The Labute approximate surface area is 158 Å². The topological polar surface area (TPSA) is 32.3 Å². The Bertz CT molecular complexity index is 895. The van der Waals surface area contributed by atoms with Gasteiger partial charge in [0, 0.05) is 43.2 Å². The SMILES string of the molecule is CN(c1ncnc2scc(-c3ccccc3)c12)C1CCN(C2CC2)CC1. The third-order valence-corrected chi connectivity index (χ3v) is 6.77. The Balaban J connectivity index is 1.47. The second kappa shape index (κ2) is 6.63. The van der Waals surface area contributed by atoms with Gasteiger partial charge in [0.1, 0.15) is 17.0 Å². The van der Waals surface area contributed by atoms with Gasteiger partial charge in [-0.1, -0.05) is 30.3 Å². The van der Waals surface area contributed by atoms with Gasteiger partial charge in [-0.3, -0.25) is 0 Å². The molecule has 0 radical (unpaired) electrons. The monoisotopic (exact) mass is 364 g/mol. The summed E-state index contributed by atoms with van der Waals surface area (Å²) in [6.07, 6.45) is 6.98. The molecule has 2 aliphatic rings. The summed E-state index contributed by atoms with van der Waals surface area (Å²) in [5.74, 6) is 1.08. The second-order valence-electron chi connectivity index (χ2n) is 7.50. The van der Waals surface area contributed by atoms with Crippen LogP contribution in [0, 0.1) is 0 Å². The number of aromatic nitrogens is 2. The largest absolute Gasteiger partial charge is 0.356 e. The molecule has 0 N–H and O–H groups in total. The number of rotatable bonds is 4. The predicted octanol–water partition coefficient (Wildman–Crippen LogP) is 4.42. The maximum atomic E-state index is 4.71. The van der Waals surface area contributed by atoms with Gasteiger partial charge >= 0.3 is 0 Å². The number of anilines is 1. The second-order valence-corrected chi connectivity index (χ2v) is 8.36. The van der Waals surface area contributed by atoms with E-state index in [1.54, 1.807) is 17.7 Å². The number of piperidine rings is 1. The van der Waals surface area contributed by atoms with Crippen LogP contribution >= 0.6 is 11.3 Å². The summed E-state index contributed by atoms with van der Waals surface area (Å²) in [5, 5.41) is 3.43. The third-order valence-electron chi connectivity index (χ3n) is 5.88. The van der Waals surface area contributed by atoms with Gasteiger partial charge in [-0.25, -0.2) is 9.97 Å². The van der Waals surface area contributed by atoms with Crippen molar-refractivity contribution in [1.82, 2.24) is 14.9 Å². The number of nitrogens with zero attached hydrogens (tertiary/aromatic N) is 4. The Morgan fingerprint density at radius 1 is 1.04 bits per heavy atom. The molecule has 5 heteroatoms. The molecule has 1 aromatic carbocycles. The summed E-state index contributed by atoms with van der Waals surface area (Å²) >= 11 is 1.71. The molecule has 3 aromatic rings. The number of likely N-dealkylation sites (tertiary alicyclic amines) is 1. The van der Waals surface area contributed by atoms with Crippen LogP contribution in [0.5, 0.6) is 0 Å². The van der Waals surface area contributed by atoms with Crippen molar-refractivity contribution in [3.05, 3.63) is 42.0 Å². The summed E-state index contributed by atoms with van der Waals surface area (Å²) in [6.45, 7) is 2.45. The van der Waals surface area contributed by atoms with Gasteiger partial charge in [0.15, 0.2) is 0 Å². The molecule has 0 atom stereocenters. The molecule has 5 rings (SSSR count). The Kier molecular flexibility index (Phi) is 4.14. The normalized spacial score (nSPS) is 19.1. The molecule has 1 aliphatic carbocycles. The zero-order valence-corrected chi connectivity index (χ0v) is 16.0. The maximum Gasteiger partial charge on any atom is 0.141 e. The lowest BCUT2D eigenvalue weighted by Gasteiger charge is -2.37. The van der Waals surface area contributed by atoms with E-state index in [1.807, 2.05) is 0 Å². The van der Waals surface area contributed by atoms with Crippen molar-refractivity contribution in [2.24, 2.45) is 0 Å².